The van der Waals surface area contributed by atoms with Crippen molar-refractivity contribution in [3.63, 3.8) is 0 Å². The third-order valence-corrected chi connectivity index (χ3v) is 3.76. The highest BCUT2D eigenvalue weighted by Crippen LogP contribution is 2.35. The minimum Gasteiger partial charge on any atom is -0.373 e. The van der Waals surface area contributed by atoms with Gasteiger partial charge >= 0.3 is 0 Å². The van der Waals surface area contributed by atoms with E-state index < -0.39 is 5.60 Å². The molecule has 2 aromatic carbocycles. The third kappa shape index (κ3) is 2.76. The van der Waals surface area contributed by atoms with Crippen molar-refractivity contribution in [2.45, 2.75) is 12.3 Å². The summed E-state index contributed by atoms with van der Waals surface area (Å²) in [6.07, 6.45) is 3.34. The van der Waals surface area contributed by atoms with Crippen LogP contribution in [0, 0.1) is 5.82 Å². The first-order valence-electron chi connectivity index (χ1n) is 7.20. The van der Waals surface area contributed by atoms with E-state index in [0.717, 1.165) is 0 Å². The Morgan fingerprint density at radius 3 is 2.39 bits per heavy atom. The van der Waals surface area contributed by atoms with E-state index in [-0.39, 0.29) is 12.5 Å². The first-order chi connectivity index (χ1) is 11.2. The number of hydrogen-bond donors (Lipinski definition) is 1. The predicted molar refractivity (Wildman–Crippen MR) is 84.2 cm³/mol. The zero-order chi connectivity index (χ0) is 16.3. The molecule has 0 radical (unpaired) electrons. The van der Waals surface area contributed by atoms with Crippen molar-refractivity contribution < 1.29 is 14.2 Å². The van der Waals surface area contributed by atoms with Gasteiger partial charge in [0, 0.05) is 19.5 Å². The largest absolute Gasteiger partial charge is 0.373 e. The highest BCUT2D eigenvalue weighted by Gasteiger charge is 2.37. The standard InChI is InChI=1S/C18H17FN2O2/c1-23-13-21-12-11-20-17(21)18(22,14-5-3-2-4-6-14)15-7-9-16(19)10-8-15/h2-12,22H,13H2,1H3. The topological polar surface area (TPSA) is 47.3 Å². The van der Waals surface area contributed by atoms with Crippen LogP contribution in [-0.2, 0) is 17.1 Å². The molecule has 1 N–H and O–H groups in total. The summed E-state index contributed by atoms with van der Waals surface area (Å²) in [4.78, 5) is 4.32. The van der Waals surface area contributed by atoms with E-state index in [4.69, 9.17) is 4.74 Å². The Bertz CT molecular complexity index is 771. The molecule has 0 amide bonds. The smallest absolute Gasteiger partial charge is 0.173 e. The monoisotopic (exact) mass is 312 g/mol. The van der Waals surface area contributed by atoms with Gasteiger partial charge in [-0.05, 0) is 23.3 Å². The Hall–Kier alpha value is -2.50. The lowest BCUT2D eigenvalue weighted by molar-refractivity contribution is 0.0845. The number of rotatable bonds is 5. The maximum absolute atomic E-state index is 13.3. The summed E-state index contributed by atoms with van der Waals surface area (Å²) < 4.78 is 20.2. The Morgan fingerprint density at radius 2 is 1.74 bits per heavy atom. The highest BCUT2D eigenvalue weighted by molar-refractivity contribution is 5.42. The number of aliphatic hydroxyl groups is 1. The van der Waals surface area contributed by atoms with E-state index in [9.17, 15) is 9.50 Å². The van der Waals surface area contributed by atoms with Crippen LogP contribution in [0.1, 0.15) is 17.0 Å². The Kier molecular flexibility index (Phi) is 4.23. The normalized spacial score (nSPS) is 13.7. The quantitative estimate of drug-likeness (QED) is 0.788. The second-order valence-corrected chi connectivity index (χ2v) is 5.22. The van der Waals surface area contributed by atoms with Crippen LogP contribution >= 0.6 is 0 Å². The van der Waals surface area contributed by atoms with Crippen molar-refractivity contribution in [3.8, 4) is 0 Å². The number of ether oxygens (including phenoxy) is 1. The molecule has 3 rings (SSSR count). The number of aromatic nitrogens is 2. The zero-order valence-corrected chi connectivity index (χ0v) is 12.7. The van der Waals surface area contributed by atoms with Crippen LogP contribution in [0.5, 0.6) is 0 Å². The van der Waals surface area contributed by atoms with Crippen LogP contribution in [-0.4, -0.2) is 21.8 Å². The molecule has 0 saturated carbocycles. The van der Waals surface area contributed by atoms with Gasteiger partial charge in [0.1, 0.15) is 12.5 Å². The number of benzene rings is 2. The minimum absolute atomic E-state index is 0.256. The molecule has 23 heavy (non-hydrogen) atoms. The lowest BCUT2D eigenvalue weighted by Gasteiger charge is -2.29. The predicted octanol–water partition coefficient (Wildman–Crippen LogP) is 2.91. The molecule has 0 aliphatic heterocycles. The van der Waals surface area contributed by atoms with E-state index in [1.165, 1.54) is 12.1 Å². The maximum atomic E-state index is 13.3. The van der Waals surface area contributed by atoms with Gasteiger partial charge in [-0.2, -0.15) is 0 Å². The van der Waals surface area contributed by atoms with E-state index in [1.54, 1.807) is 36.2 Å². The molecule has 1 heterocycles. The number of methoxy groups -OCH3 is 1. The molecule has 5 heteroatoms. The summed E-state index contributed by atoms with van der Waals surface area (Å²) in [7, 11) is 1.57. The van der Waals surface area contributed by atoms with Gasteiger partial charge in [0.2, 0.25) is 0 Å². The van der Waals surface area contributed by atoms with Crippen LogP contribution in [0.2, 0.25) is 0 Å². The van der Waals surface area contributed by atoms with Crippen molar-refractivity contribution in [1.82, 2.24) is 9.55 Å². The van der Waals surface area contributed by atoms with Crippen LogP contribution in [0.3, 0.4) is 0 Å². The molecular formula is C18H17FN2O2. The molecule has 1 aromatic heterocycles. The molecule has 0 bridgehead atoms. The molecule has 1 atom stereocenters. The van der Waals surface area contributed by atoms with Crippen molar-refractivity contribution in [2.24, 2.45) is 0 Å². The molecule has 4 nitrogen and oxygen atoms in total. The number of halogens is 1. The van der Waals surface area contributed by atoms with Crippen LogP contribution < -0.4 is 0 Å². The van der Waals surface area contributed by atoms with Crippen molar-refractivity contribution in [1.29, 1.82) is 0 Å². The fraction of sp³-hybridized carbons (Fsp3) is 0.167. The molecule has 0 fully saturated rings. The number of imidazole rings is 1. The van der Waals surface area contributed by atoms with Crippen LogP contribution in [0.25, 0.3) is 0 Å². The summed E-state index contributed by atoms with van der Waals surface area (Å²) in [5.41, 5.74) is -0.319. The van der Waals surface area contributed by atoms with Crippen molar-refractivity contribution in [2.75, 3.05) is 7.11 Å². The van der Waals surface area contributed by atoms with Gasteiger partial charge in [-0.1, -0.05) is 42.5 Å². The lowest BCUT2D eigenvalue weighted by atomic mass is 9.85. The summed E-state index contributed by atoms with van der Waals surface area (Å²) in [6, 6.07) is 15.0. The van der Waals surface area contributed by atoms with Gasteiger partial charge in [0.05, 0.1) is 0 Å². The molecule has 0 aliphatic carbocycles. The molecule has 0 aliphatic rings. The number of hydrogen-bond acceptors (Lipinski definition) is 3. The average Bonchev–Trinajstić information content (AvgIpc) is 3.05. The SMILES string of the molecule is COCn1ccnc1C(O)(c1ccccc1)c1ccc(F)cc1. The van der Waals surface area contributed by atoms with Gasteiger partial charge in [-0.3, -0.25) is 0 Å². The van der Waals surface area contributed by atoms with Crippen molar-refractivity contribution >= 4 is 0 Å². The first-order valence-corrected chi connectivity index (χ1v) is 7.20. The first kappa shape index (κ1) is 15.4. The summed E-state index contributed by atoms with van der Waals surface area (Å²) in [6.45, 7) is 0.256. The van der Waals surface area contributed by atoms with Crippen LogP contribution in [0.4, 0.5) is 4.39 Å². The van der Waals surface area contributed by atoms with Crippen LogP contribution in [0.15, 0.2) is 67.0 Å². The van der Waals surface area contributed by atoms with Gasteiger partial charge in [0.25, 0.3) is 0 Å². The van der Waals surface area contributed by atoms with Gasteiger partial charge < -0.3 is 14.4 Å². The van der Waals surface area contributed by atoms with Crippen molar-refractivity contribution in [3.05, 3.63) is 89.8 Å². The zero-order valence-electron chi connectivity index (χ0n) is 12.7. The molecule has 0 spiro atoms. The van der Waals surface area contributed by atoms with E-state index in [1.807, 2.05) is 30.3 Å². The molecule has 3 aromatic rings. The fourth-order valence-electron chi connectivity index (χ4n) is 2.67. The molecule has 0 saturated heterocycles. The molecule has 118 valence electrons. The molecular weight excluding hydrogens is 295 g/mol. The summed E-state index contributed by atoms with van der Waals surface area (Å²) in [5.74, 6) is 0.0570. The Morgan fingerprint density at radius 1 is 1.09 bits per heavy atom. The van der Waals surface area contributed by atoms with E-state index in [0.29, 0.717) is 17.0 Å². The number of nitrogens with zero attached hydrogens (tertiary/aromatic N) is 2. The molecule has 1 unspecified atom stereocenters. The lowest BCUT2D eigenvalue weighted by Crippen LogP contribution is -2.33. The Labute approximate surface area is 133 Å². The maximum Gasteiger partial charge on any atom is 0.173 e. The third-order valence-electron chi connectivity index (χ3n) is 3.76. The second-order valence-electron chi connectivity index (χ2n) is 5.22. The fourth-order valence-corrected chi connectivity index (χ4v) is 2.67. The van der Waals surface area contributed by atoms with Gasteiger partial charge in [-0.15, -0.1) is 0 Å². The van der Waals surface area contributed by atoms with E-state index >= 15 is 0 Å². The van der Waals surface area contributed by atoms with Gasteiger partial charge in [0.15, 0.2) is 11.4 Å². The van der Waals surface area contributed by atoms with Gasteiger partial charge in [-0.25, -0.2) is 9.37 Å². The average molecular weight is 312 g/mol. The summed E-state index contributed by atoms with van der Waals surface area (Å²) in [5, 5.41) is 11.6. The van der Waals surface area contributed by atoms with E-state index in [2.05, 4.69) is 4.98 Å². The second kappa shape index (κ2) is 6.32. The minimum atomic E-state index is -1.50. The summed E-state index contributed by atoms with van der Waals surface area (Å²) >= 11 is 0. The Balaban J connectivity index is 2.21. The highest BCUT2D eigenvalue weighted by atomic mass is 19.1.